The van der Waals surface area contributed by atoms with Gasteiger partial charge in [0.05, 0.1) is 29.4 Å². The lowest BCUT2D eigenvalue weighted by atomic mass is 10.1. The van der Waals surface area contributed by atoms with Crippen LogP contribution in [0.5, 0.6) is 5.75 Å². The molecule has 0 radical (unpaired) electrons. The minimum atomic E-state index is 0.724. The number of unbranched alkanes of at least 4 members (excludes halogenated alkanes) is 7. The maximum absolute atomic E-state index is 6.08. The van der Waals surface area contributed by atoms with E-state index >= 15 is 0 Å². The summed E-state index contributed by atoms with van der Waals surface area (Å²) in [5.41, 5.74) is 3.28. The van der Waals surface area contributed by atoms with E-state index in [2.05, 4.69) is 16.9 Å². The van der Waals surface area contributed by atoms with Gasteiger partial charge in [-0.25, -0.2) is 4.98 Å². The average Bonchev–Trinajstić information content (AvgIpc) is 2.79. The van der Waals surface area contributed by atoms with Crippen LogP contribution in [0.1, 0.15) is 58.3 Å². The first-order valence-electron chi connectivity index (χ1n) is 10.8. The van der Waals surface area contributed by atoms with Gasteiger partial charge in [-0.2, -0.15) is 0 Å². The van der Waals surface area contributed by atoms with Crippen molar-refractivity contribution in [1.82, 2.24) is 15.0 Å². The molecule has 0 fully saturated rings. The van der Waals surface area contributed by atoms with Gasteiger partial charge in [0.15, 0.2) is 0 Å². The van der Waals surface area contributed by atoms with Crippen LogP contribution in [0.15, 0.2) is 60.9 Å². The average molecular weight is 390 g/mol. The highest BCUT2D eigenvalue weighted by Crippen LogP contribution is 2.26. The summed E-state index contributed by atoms with van der Waals surface area (Å²) in [5.74, 6) is 0.823. The Labute approximate surface area is 174 Å². The summed E-state index contributed by atoms with van der Waals surface area (Å²) in [5, 5.41) is 0. The number of hydrogen-bond acceptors (Lipinski definition) is 4. The molecular weight excluding hydrogens is 358 g/mol. The van der Waals surface area contributed by atoms with Crippen LogP contribution in [-0.4, -0.2) is 21.6 Å². The number of hydrogen-bond donors (Lipinski definition) is 0. The largest absolute Gasteiger partial charge is 0.493 e. The Morgan fingerprint density at radius 3 is 1.72 bits per heavy atom. The van der Waals surface area contributed by atoms with Crippen molar-refractivity contribution in [2.75, 3.05) is 6.61 Å². The van der Waals surface area contributed by atoms with Crippen LogP contribution in [0.4, 0.5) is 0 Å². The first-order chi connectivity index (χ1) is 14.4. The molecule has 0 spiro atoms. The molecule has 29 heavy (non-hydrogen) atoms. The lowest BCUT2D eigenvalue weighted by Gasteiger charge is -2.10. The first kappa shape index (κ1) is 21.0. The Kier molecular flexibility index (Phi) is 8.64. The molecule has 152 valence electrons. The number of ether oxygens (including phenoxy) is 1. The van der Waals surface area contributed by atoms with E-state index in [0.29, 0.717) is 0 Å². The van der Waals surface area contributed by atoms with Crippen LogP contribution in [0.2, 0.25) is 0 Å². The molecule has 3 rings (SSSR count). The fourth-order valence-corrected chi connectivity index (χ4v) is 3.31. The predicted octanol–water partition coefficient (Wildman–Crippen LogP) is 6.73. The van der Waals surface area contributed by atoms with Crippen molar-refractivity contribution in [3.63, 3.8) is 0 Å². The monoisotopic (exact) mass is 389 g/mol. The highest BCUT2D eigenvalue weighted by atomic mass is 16.5. The number of nitrogens with zero attached hydrogens (tertiary/aromatic N) is 3. The quantitative estimate of drug-likeness (QED) is 0.322. The Hall–Kier alpha value is -2.75. The third-order valence-corrected chi connectivity index (χ3v) is 4.92. The number of aromatic nitrogens is 3. The molecular formula is C25H31N3O. The molecule has 3 aromatic rings. The molecule has 0 aliphatic heterocycles. The summed E-state index contributed by atoms with van der Waals surface area (Å²) in [6.45, 7) is 2.98. The Morgan fingerprint density at radius 1 is 0.655 bits per heavy atom. The molecule has 0 atom stereocenters. The second kappa shape index (κ2) is 11.9. The smallest absolute Gasteiger partial charge is 0.123 e. The van der Waals surface area contributed by atoms with E-state index in [1.807, 2.05) is 48.5 Å². The fraction of sp³-hybridized carbons (Fsp3) is 0.400. The van der Waals surface area contributed by atoms with Crippen LogP contribution in [0.3, 0.4) is 0 Å². The van der Waals surface area contributed by atoms with E-state index < -0.39 is 0 Å². The van der Waals surface area contributed by atoms with Crippen molar-refractivity contribution in [3.05, 3.63) is 60.9 Å². The molecule has 0 aromatic carbocycles. The summed E-state index contributed by atoms with van der Waals surface area (Å²) in [6.07, 6.45) is 13.9. The van der Waals surface area contributed by atoms with Gasteiger partial charge in [0.2, 0.25) is 0 Å². The van der Waals surface area contributed by atoms with Gasteiger partial charge in [0.25, 0.3) is 0 Å². The van der Waals surface area contributed by atoms with Crippen molar-refractivity contribution in [2.45, 2.75) is 58.3 Å². The minimum absolute atomic E-state index is 0.724. The highest BCUT2D eigenvalue weighted by Gasteiger charge is 2.09. The molecule has 0 N–H and O–H groups in total. The van der Waals surface area contributed by atoms with E-state index in [4.69, 9.17) is 9.72 Å². The second-order valence-corrected chi connectivity index (χ2v) is 7.33. The summed E-state index contributed by atoms with van der Waals surface area (Å²) >= 11 is 0. The second-order valence-electron chi connectivity index (χ2n) is 7.33. The zero-order valence-electron chi connectivity index (χ0n) is 17.4. The van der Waals surface area contributed by atoms with E-state index in [1.165, 1.54) is 44.9 Å². The summed E-state index contributed by atoms with van der Waals surface area (Å²) in [6, 6.07) is 15.6. The molecule has 4 heteroatoms. The maximum atomic E-state index is 6.08. The van der Waals surface area contributed by atoms with E-state index in [-0.39, 0.29) is 0 Å². The standard InChI is InChI=1S/C25H31N3O/c1-2-3-4-5-6-7-8-13-18-29-21-19-24(22-14-9-11-16-26-22)28-25(20-21)23-15-10-12-17-27-23/h9-12,14-17,19-20H,2-8,13,18H2,1H3. The molecule has 3 aromatic heterocycles. The molecule has 0 aliphatic carbocycles. The van der Waals surface area contributed by atoms with Crippen LogP contribution in [-0.2, 0) is 0 Å². The van der Waals surface area contributed by atoms with Crippen molar-refractivity contribution in [1.29, 1.82) is 0 Å². The van der Waals surface area contributed by atoms with Gasteiger partial charge < -0.3 is 4.74 Å². The number of rotatable bonds is 12. The van der Waals surface area contributed by atoms with Crippen molar-refractivity contribution >= 4 is 0 Å². The highest BCUT2D eigenvalue weighted by molar-refractivity contribution is 5.64. The maximum Gasteiger partial charge on any atom is 0.123 e. The van der Waals surface area contributed by atoms with Gasteiger partial charge in [-0.3, -0.25) is 9.97 Å². The van der Waals surface area contributed by atoms with Crippen LogP contribution < -0.4 is 4.74 Å². The van der Waals surface area contributed by atoms with Crippen molar-refractivity contribution in [3.8, 4) is 28.5 Å². The SMILES string of the molecule is CCCCCCCCCCOc1cc(-c2ccccn2)nc(-c2ccccn2)c1. The van der Waals surface area contributed by atoms with Crippen LogP contribution in [0, 0.1) is 0 Å². The zero-order chi connectivity index (χ0) is 20.2. The summed E-state index contributed by atoms with van der Waals surface area (Å²) in [4.78, 5) is 13.6. The summed E-state index contributed by atoms with van der Waals surface area (Å²) in [7, 11) is 0. The molecule has 0 amide bonds. The number of pyridine rings is 3. The zero-order valence-corrected chi connectivity index (χ0v) is 17.4. The van der Waals surface area contributed by atoms with Gasteiger partial charge in [0, 0.05) is 24.5 Å². The van der Waals surface area contributed by atoms with Gasteiger partial charge in [-0.1, -0.05) is 64.0 Å². The fourth-order valence-electron chi connectivity index (χ4n) is 3.31. The molecule has 0 unspecified atom stereocenters. The summed E-state index contributed by atoms with van der Waals surface area (Å²) < 4.78 is 6.08. The first-order valence-corrected chi connectivity index (χ1v) is 10.8. The van der Waals surface area contributed by atoms with E-state index in [1.54, 1.807) is 12.4 Å². The van der Waals surface area contributed by atoms with Gasteiger partial charge in [-0.15, -0.1) is 0 Å². The Balaban J connectivity index is 1.60. The normalized spacial score (nSPS) is 10.8. The molecule has 4 nitrogen and oxygen atoms in total. The van der Waals surface area contributed by atoms with Crippen molar-refractivity contribution < 1.29 is 4.74 Å². The molecule has 3 heterocycles. The van der Waals surface area contributed by atoms with Crippen molar-refractivity contribution in [2.24, 2.45) is 0 Å². The van der Waals surface area contributed by atoms with Gasteiger partial charge in [0.1, 0.15) is 5.75 Å². The van der Waals surface area contributed by atoms with Gasteiger partial charge >= 0.3 is 0 Å². The topological polar surface area (TPSA) is 47.9 Å². The predicted molar refractivity (Wildman–Crippen MR) is 119 cm³/mol. The van der Waals surface area contributed by atoms with Crippen LogP contribution >= 0.6 is 0 Å². The third kappa shape index (κ3) is 6.97. The minimum Gasteiger partial charge on any atom is -0.493 e. The Bertz CT molecular complexity index is 779. The molecule has 0 bridgehead atoms. The van der Waals surface area contributed by atoms with Crippen LogP contribution in [0.25, 0.3) is 22.8 Å². The molecule has 0 aliphatic rings. The van der Waals surface area contributed by atoms with E-state index in [9.17, 15) is 0 Å². The van der Waals surface area contributed by atoms with Gasteiger partial charge in [-0.05, 0) is 30.7 Å². The van der Waals surface area contributed by atoms with E-state index in [0.717, 1.165) is 41.6 Å². The molecule has 0 saturated heterocycles. The third-order valence-electron chi connectivity index (χ3n) is 4.92. The lowest BCUT2D eigenvalue weighted by molar-refractivity contribution is 0.304. The molecule has 0 saturated carbocycles. The Morgan fingerprint density at radius 2 is 1.21 bits per heavy atom. The lowest BCUT2D eigenvalue weighted by Crippen LogP contribution is -2.00.